The molecule has 2 N–H and O–H groups in total. The second-order valence-corrected chi connectivity index (χ2v) is 7.28. The van der Waals surface area contributed by atoms with Gasteiger partial charge in [-0.05, 0) is 38.0 Å². The first-order valence-electron chi connectivity index (χ1n) is 6.31. The van der Waals surface area contributed by atoms with Crippen molar-refractivity contribution in [2.75, 3.05) is 5.75 Å². The number of carboxylic acid groups (broad SMARTS) is 1. The maximum atomic E-state index is 12.1. The van der Waals surface area contributed by atoms with E-state index >= 15 is 0 Å². The Kier molecular flexibility index (Phi) is 3.75. The van der Waals surface area contributed by atoms with Crippen molar-refractivity contribution >= 4 is 22.7 Å². The van der Waals surface area contributed by atoms with Gasteiger partial charge in [0, 0.05) is 22.6 Å². The fourth-order valence-corrected chi connectivity index (χ4v) is 3.51. The minimum Gasteiger partial charge on any atom is -0.481 e. The summed E-state index contributed by atoms with van der Waals surface area (Å²) in [5, 5.41) is 11.1. The lowest BCUT2D eigenvalue weighted by Crippen LogP contribution is -2.38. The molecule has 2 aliphatic carbocycles. The molecule has 2 atom stereocenters. The van der Waals surface area contributed by atoms with Crippen molar-refractivity contribution < 1.29 is 18.9 Å². The van der Waals surface area contributed by atoms with Gasteiger partial charge in [0.15, 0.2) is 0 Å². The molecule has 6 heteroatoms. The van der Waals surface area contributed by atoms with Crippen molar-refractivity contribution in [1.82, 2.24) is 5.32 Å². The lowest BCUT2D eigenvalue weighted by atomic mass is 10.1. The summed E-state index contributed by atoms with van der Waals surface area (Å²) in [6, 6.07) is 0.269. The third-order valence-corrected chi connectivity index (χ3v) is 5.52. The average molecular weight is 273 g/mol. The molecule has 0 saturated heterocycles. The summed E-state index contributed by atoms with van der Waals surface area (Å²) in [6.07, 6.45) is 3.70. The van der Waals surface area contributed by atoms with Crippen molar-refractivity contribution in [2.24, 2.45) is 5.41 Å². The monoisotopic (exact) mass is 273 g/mol. The molecule has 0 aromatic carbocycles. The van der Waals surface area contributed by atoms with Crippen LogP contribution in [0.3, 0.4) is 0 Å². The highest BCUT2D eigenvalue weighted by atomic mass is 32.2. The fraction of sp³-hybridized carbons (Fsp3) is 0.833. The van der Waals surface area contributed by atoms with Crippen molar-refractivity contribution in [1.29, 1.82) is 0 Å². The quantitative estimate of drug-likeness (QED) is 0.713. The van der Waals surface area contributed by atoms with Crippen LogP contribution in [0.5, 0.6) is 0 Å². The molecule has 0 spiro atoms. The molecule has 2 aliphatic rings. The van der Waals surface area contributed by atoms with Crippen molar-refractivity contribution in [3.8, 4) is 0 Å². The highest BCUT2D eigenvalue weighted by Crippen LogP contribution is 2.49. The van der Waals surface area contributed by atoms with Gasteiger partial charge in [0.25, 0.3) is 0 Å². The molecule has 18 heavy (non-hydrogen) atoms. The van der Waals surface area contributed by atoms with Gasteiger partial charge in [-0.2, -0.15) is 0 Å². The highest BCUT2D eigenvalue weighted by Gasteiger charge is 2.46. The number of hydrogen-bond donors (Lipinski definition) is 2. The molecule has 102 valence electrons. The summed E-state index contributed by atoms with van der Waals surface area (Å²) in [7, 11) is -1.28. The molecule has 2 fully saturated rings. The molecule has 0 heterocycles. The number of carbonyl (C=O) groups is 2. The lowest BCUT2D eigenvalue weighted by molar-refractivity contribution is -0.138. The van der Waals surface area contributed by atoms with Gasteiger partial charge in [-0.25, -0.2) is 0 Å². The van der Waals surface area contributed by atoms with Gasteiger partial charge >= 0.3 is 5.97 Å². The molecule has 2 saturated carbocycles. The average Bonchev–Trinajstić information content (AvgIpc) is 3.15. The number of nitrogens with one attached hydrogen (secondary N) is 1. The van der Waals surface area contributed by atoms with Gasteiger partial charge in [0.1, 0.15) is 5.25 Å². The zero-order valence-corrected chi connectivity index (χ0v) is 11.3. The van der Waals surface area contributed by atoms with E-state index in [-0.39, 0.29) is 23.8 Å². The molecule has 2 unspecified atom stereocenters. The van der Waals surface area contributed by atoms with Crippen LogP contribution in [0.1, 0.15) is 39.0 Å². The number of rotatable bonds is 7. The van der Waals surface area contributed by atoms with Gasteiger partial charge in [0.2, 0.25) is 5.91 Å². The molecule has 0 aromatic rings. The normalized spacial score (nSPS) is 24.1. The zero-order valence-electron chi connectivity index (χ0n) is 10.5. The molecule has 0 radical (unpaired) electrons. The predicted octanol–water partition coefficient (Wildman–Crippen LogP) is 0.657. The Morgan fingerprint density at radius 2 is 2.06 bits per heavy atom. The Bertz CT molecular complexity index is 388. The number of carboxylic acids is 1. The van der Waals surface area contributed by atoms with E-state index < -0.39 is 22.0 Å². The largest absolute Gasteiger partial charge is 0.481 e. The SMILES string of the molecule is CC(C(=O)NC1CC1)S(=O)CC1(CC(=O)O)CC1. The third kappa shape index (κ3) is 3.54. The molecule has 0 aromatic heterocycles. The highest BCUT2D eigenvalue weighted by molar-refractivity contribution is 7.86. The molecule has 5 nitrogen and oxygen atoms in total. The first-order valence-corrected chi connectivity index (χ1v) is 7.69. The molecular weight excluding hydrogens is 254 g/mol. The summed E-state index contributed by atoms with van der Waals surface area (Å²) in [4.78, 5) is 22.5. The van der Waals surface area contributed by atoms with E-state index in [1.54, 1.807) is 6.92 Å². The van der Waals surface area contributed by atoms with Crippen LogP contribution in [0.25, 0.3) is 0 Å². The molecule has 1 amide bonds. The third-order valence-electron chi connectivity index (χ3n) is 3.62. The van der Waals surface area contributed by atoms with Crippen LogP contribution in [0, 0.1) is 5.41 Å². The van der Waals surface area contributed by atoms with Crippen LogP contribution in [-0.4, -0.2) is 38.2 Å². The van der Waals surface area contributed by atoms with Gasteiger partial charge < -0.3 is 10.4 Å². The number of carbonyl (C=O) groups excluding carboxylic acids is 1. The first-order chi connectivity index (χ1) is 8.42. The minimum absolute atomic E-state index is 0.0652. The van der Waals surface area contributed by atoms with Crippen LogP contribution in [0.2, 0.25) is 0 Å². The maximum absolute atomic E-state index is 12.1. The molecule has 0 aliphatic heterocycles. The molecular formula is C12H19NO4S. The second kappa shape index (κ2) is 4.99. The maximum Gasteiger partial charge on any atom is 0.303 e. The Morgan fingerprint density at radius 1 is 1.44 bits per heavy atom. The van der Waals surface area contributed by atoms with Gasteiger partial charge in [0.05, 0.1) is 6.42 Å². The summed E-state index contributed by atoms with van der Waals surface area (Å²) >= 11 is 0. The molecule has 0 bridgehead atoms. The van der Waals surface area contributed by atoms with Gasteiger partial charge in [-0.3, -0.25) is 13.8 Å². The summed E-state index contributed by atoms with van der Waals surface area (Å²) in [5.74, 6) is -0.681. The Balaban J connectivity index is 1.83. The van der Waals surface area contributed by atoms with E-state index in [0.29, 0.717) is 5.75 Å². The van der Waals surface area contributed by atoms with Crippen LogP contribution in [-0.2, 0) is 20.4 Å². The summed E-state index contributed by atoms with van der Waals surface area (Å²) in [6.45, 7) is 1.66. The van der Waals surface area contributed by atoms with Crippen LogP contribution >= 0.6 is 0 Å². The first kappa shape index (κ1) is 13.5. The Labute approximate surface area is 109 Å². The van der Waals surface area contributed by atoms with E-state index in [1.807, 2.05) is 0 Å². The fourth-order valence-electron chi connectivity index (χ4n) is 1.96. The van der Waals surface area contributed by atoms with E-state index in [2.05, 4.69) is 5.32 Å². The Morgan fingerprint density at radius 3 is 2.50 bits per heavy atom. The number of aliphatic carboxylic acids is 1. The molecule has 2 rings (SSSR count). The summed E-state index contributed by atoms with van der Waals surface area (Å²) in [5.41, 5.74) is -0.315. The standard InChI is InChI=1S/C12H19NO4S/c1-8(11(16)13-9-2-3-9)18(17)7-12(4-5-12)6-10(14)15/h8-9H,2-7H2,1H3,(H,13,16)(H,14,15). The predicted molar refractivity (Wildman–Crippen MR) is 67.6 cm³/mol. The lowest BCUT2D eigenvalue weighted by Gasteiger charge is -2.16. The smallest absolute Gasteiger partial charge is 0.303 e. The zero-order chi connectivity index (χ0) is 13.3. The summed E-state index contributed by atoms with van der Waals surface area (Å²) < 4.78 is 12.1. The van der Waals surface area contributed by atoms with Crippen LogP contribution in [0.15, 0.2) is 0 Å². The van der Waals surface area contributed by atoms with E-state index in [4.69, 9.17) is 5.11 Å². The van der Waals surface area contributed by atoms with Crippen molar-refractivity contribution in [3.63, 3.8) is 0 Å². The van der Waals surface area contributed by atoms with Crippen LogP contribution < -0.4 is 5.32 Å². The van der Waals surface area contributed by atoms with Crippen molar-refractivity contribution in [3.05, 3.63) is 0 Å². The van der Waals surface area contributed by atoms with Crippen molar-refractivity contribution in [2.45, 2.75) is 50.3 Å². The van der Waals surface area contributed by atoms with Gasteiger partial charge in [-0.1, -0.05) is 0 Å². The van der Waals surface area contributed by atoms with E-state index in [1.165, 1.54) is 0 Å². The van der Waals surface area contributed by atoms with Crippen LogP contribution in [0.4, 0.5) is 0 Å². The number of hydrogen-bond acceptors (Lipinski definition) is 3. The van der Waals surface area contributed by atoms with E-state index in [9.17, 15) is 13.8 Å². The topological polar surface area (TPSA) is 83.5 Å². The van der Waals surface area contributed by atoms with E-state index in [0.717, 1.165) is 25.7 Å². The number of amides is 1. The Hall–Kier alpha value is -0.910. The second-order valence-electron chi connectivity index (χ2n) is 5.52. The minimum atomic E-state index is -1.28. The van der Waals surface area contributed by atoms with Gasteiger partial charge in [-0.15, -0.1) is 0 Å².